The van der Waals surface area contributed by atoms with Crippen LogP contribution in [0, 0.1) is 0 Å². The molecule has 6 heteroatoms. The Kier molecular flexibility index (Phi) is 61.2. The maximum absolute atomic E-state index is 12.9. The maximum atomic E-state index is 12.9. The number of esters is 3. The van der Waals surface area contributed by atoms with Crippen molar-refractivity contribution in [1.82, 2.24) is 0 Å². The van der Waals surface area contributed by atoms with E-state index in [1.165, 1.54) is 173 Å². The first-order valence-corrected chi connectivity index (χ1v) is 32.6. The Morgan fingerprint density at radius 2 is 0.513 bits per heavy atom. The molecule has 0 spiro atoms. The molecule has 0 rings (SSSR count). The molecule has 0 aliphatic rings. The maximum Gasteiger partial charge on any atom is 0.306 e. The van der Waals surface area contributed by atoms with E-state index in [4.69, 9.17) is 14.2 Å². The van der Waals surface area contributed by atoms with E-state index in [1.54, 1.807) is 0 Å². The lowest BCUT2D eigenvalue weighted by atomic mass is 10.0. The van der Waals surface area contributed by atoms with Crippen LogP contribution in [0.25, 0.3) is 0 Å². The molecule has 0 aliphatic carbocycles. The zero-order valence-electron chi connectivity index (χ0n) is 50.3. The average Bonchev–Trinajstić information content (AvgIpc) is 3.42. The molecule has 0 aliphatic heterocycles. The van der Waals surface area contributed by atoms with E-state index >= 15 is 0 Å². The highest BCUT2D eigenvalue weighted by Crippen LogP contribution is 2.17. The predicted octanol–water partition coefficient (Wildman–Crippen LogP) is 22.3. The quantitative estimate of drug-likeness (QED) is 0.0261. The van der Waals surface area contributed by atoms with Crippen LogP contribution in [0.15, 0.2) is 85.1 Å². The zero-order valence-corrected chi connectivity index (χ0v) is 50.3. The summed E-state index contributed by atoms with van der Waals surface area (Å²) in [5, 5.41) is 0. The fourth-order valence-electron chi connectivity index (χ4n) is 9.33. The Balaban J connectivity index is 4.20. The lowest BCUT2D eigenvalue weighted by molar-refractivity contribution is -0.167. The van der Waals surface area contributed by atoms with E-state index in [0.29, 0.717) is 19.3 Å². The van der Waals surface area contributed by atoms with Gasteiger partial charge in [-0.25, -0.2) is 0 Å². The van der Waals surface area contributed by atoms with Gasteiger partial charge in [-0.05, 0) is 89.9 Å². The molecular weight excluding hydrogens is 937 g/mol. The topological polar surface area (TPSA) is 78.9 Å². The van der Waals surface area contributed by atoms with Gasteiger partial charge >= 0.3 is 17.9 Å². The molecule has 0 fully saturated rings. The summed E-state index contributed by atoms with van der Waals surface area (Å²) in [6.45, 7) is 6.44. The third kappa shape index (κ3) is 61.4. The van der Waals surface area contributed by atoms with Gasteiger partial charge in [0, 0.05) is 19.3 Å². The van der Waals surface area contributed by atoms with Crippen LogP contribution in [0.4, 0.5) is 0 Å². The first-order valence-electron chi connectivity index (χ1n) is 32.6. The van der Waals surface area contributed by atoms with E-state index in [-0.39, 0.29) is 31.1 Å². The molecule has 0 amide bonds. The van der Waals surface area contributed by atoms with E-state index < -0.39 is 6.10 Å². The predicted molar refractivity (Wildman–Crippen MR) is 330 cm³/mol. The molecule has 0 aromatic rings. The molecule has 1 atom stereocenters. The number of hydrogen-bond acceptors (Lipinski definition) is 6. The molecule has 0 aromatic carbocycles. The summed E-state index contributed by atoms with van der Waals surface area (Å²) < 4.78 is 16.9. The minimum absolute atomic E-state index is 0.0761. The van der Waals surface area contributed by atoms with Gasteiger partial charge in [0.2, 0.25) is 0 Å². The minimum Gasteiger partial charge on any atom is -0.462 e. The summed E-state index contributed by atoms with van der Waals surface area (Å²) >= 11 is 0. The summed E-state index contributed by atoms with van der Waals surface area (Å²) in [5.74, 6) is -0.871. The minimum atomic E-state index is -0.779. The van der Waals surface area contributed by atoms with E-state index in [1.807, 2.05) is 0 Å². The van der Waals surface area contributed by atoms with Crippen molar-refractivity contribution in [2.24, 2.45) is 0 Å². The second-order valence-corrected chi connectivity index (χ2v) is 21.6. The van der Waals surface area contributed by atoms with Crippen molar-refractivity contribution in [3.8, 4) is 0 Å². The normalized spacial score (nSPS) is 12.6. The molecule has 0 N–H and O–H groups in total. The van der Waals surface area contributed by atoms with Crippen LogP contribution < -0.4 is 0 Å². The average molecular weight is 1060 g/mol. The van der Waals surface area contributed by atoms with Crippen molar-refractivity contribution in [2.75, 3.05) is 13.2 Å². The lowest BCUT2D eigenvalue weighted by Gasteiger charge is -2.18. The smallest absolute Gasteiger partial charge is 0.306 e. The third-order valence-electron chi connectivity index (χ3n) is 14.1. The summed E-state index contributed by atoms with van der Waals surface area (Å²) in [6.07, 6.45) is 84.6. The molecule has 0 aromatic heterocycles. The van der Waals surface area contributed by atoms with Crippen molar-refractivity contribution in [3.63, 3.8) is 0 Å². The van der Waals surface area contributed by atoms with Gasteiger partial charge in [0.25, 0.3) is 0 Å². The molecule has 6 nitrogen and oxygen atoms in total. The van der Waals surface area contributed by atoms with Crippen molar-refractivity contribution < 1.29 is 28.6 Å². The molecule has 0 heterocycles. The first-order chi connectivity index (χ1) is 37.5. The molecule has 0 saturated heterocycles. The summed E-state index contributed by atoms with van der Waals surface area (Å²) in [5.41, 5.74) is 0. The first kappa shape index (κ1) is 72.6. The van der Waals surface area contributed by atoms with Gasteiger partial charge < -0.3 is 14.2 Å². The largest absolute Gasteiger partial charge is 0.462 e. The Morgan fingerprint density at radius 1 is 0.276 bits per heavy atom. The number of hydrogen-bond donors (Lipinski definition) is 0. The highest BCUT2D eigenvalue weighted by molar-refractivity contribution is 5.71. The highest BCUT2D eigenvalue weighted by Gasteiger charge is 2.19. The van der Waals surface area contributed by atoms with Crippen molar-refractivity contribution in [1.29, 1.82) is 0 Å². The molecular formula is C70H122O6. The van der Waals surface area contributed by atoms with Crippen molar-refractivity contribution >= 4 is 17.9 Å². The van der Waals surface area contributed by atoms with Gasteiger partial charge in [-0.2, -0.15) is 0 Å². The Bertz CT molecular complexity index is 1450. The number of unbranched alkanes of at least 4 members (excludes halogenated alkanes) is 34. The number of allylic oxidation sites excluding steroid dienone is 14. The van der Waals surface area contributed by atoms with Crippen LogP contribution in [0.5, 0.6) is 0 Å². The summed E-state index contributed by atoms with van der Waals surface area (Å²) in [7, 11) is 0. The number of carbonyl (C=O) groups excluding carboxylic acids is 3. The number of rotatable bonds is 59. The Hall–Kier alpha value is -3.41. The molecule has 1 unspecified atom stereocenters. The molecule has 0 bridgehead atoms. The van der Waals surface area contributed by atoms with Crippen molar-refractivity contribution in [3.05, 3.63) is 85.1 Å². The standard InChI is InChI=1S/C70H122O6/c1-4-7-10-13-16-19-22-25-27-29-30-31-32-33-34-35-36-37-38-39-40-42-43-45-48-51-54-57-60-63-69(72)75-66-67(65-74-68(71)62-59-56-53-50-47-24-21-18-15-12-9-6-3)76-70(73)64-61-58-55-52-49-46-44-41-28-26-23-20-17-14-11-8-5-2/h7-8,10-11,16-17,19-20,25-28,30-31,67H,4-6,9,12-15,18,21-24,29,32-66H2,1-3H3/b10-7-,11-8-,19-16-,20-17-,27-25-,28-26-,31-30-. The second kappa shape index (κ2) is 64.1. The second-order valence-electron chi connectivity index (χ2n) is 21.6. The van der Waals surface area contributed by atoms with Crippen molar-refractivity contribution in [2.45, 2.75) is 329 Å². The van der Waals surface area contributed by atoms with Crippen LogP contribution in [-0.4, -0.2) is 37.2 Å². The summed E-state index contributed by atoms with van der Waals surface area (Å²) in [6, 6.07) is 0. The fraction of sp³-hybridized carbons (Fsp3) is 0.757. The molecule has 76 heavy (non-hydrogen) atoms. The lowest BCUT2D eigenvalue weighted by Crippen LogP contribution is -2.30. The fourth-order valence-corrected chi connectivity index (χ4v) is 9.33. The molecule has 0 saturated carbocycles. The molecule has 438 valence electrons. The number of carbonyl (C=O) groups is 3. The van der Waals surface area contributed by atoms with Gasteiger partial charge in [0.15, 0.2) is 6.10 Å². The zero-order chi connectivity index (χ0) is 55.0. The van der Waals surface area contributed by atoms with Crippen LogP contribution in [0.2, 0.25) is 0 Å². The van der Waals surface area contributed by atoms with Crippen LogP contribution in [-0.2, 0) is 28.6 Å². The Morgan fingerprint density at radius 3 is 0.803 bits per heavy atom. The van der Waals surface area contributed by atoms with Gasteiger partial charge in [0.05, 0.1) is 0 Å². The van der Waals surface area contributed by atoms with Crippen LogP contribution >= 0.6 is 0 Å². The van der Waals surface area contributed by atoms with E-state index in [2.05, 4.69) is 106 Å². The summed E-state index contributed by atoms with van der Waals surface area (Å²) in [4.78, 5) is 38.3. The van der Waals surface area contributed by atoms with Gasteiger partial charge in [0.1, 0.15) is 13.2 Å². The van der Waals surface area contributed by atoms with Gasteiger partial charge in [-0.1, -0.05) is 298 Å². The highest BCUT2D eigenvalue weighted by atomic mass is 16.6. The third-order valence-corrected chi connectivity index (χ3v) is 14.1. The Labute approximate surface area is 471 Å². The SMILES string of the molecule is CC/C=C\C/C=C\C/C=C\C/C=C\CCCCCCCCCCCCCCCCCCC(=O)OCC(COC(=O)CCCCCCCCCCCCCC)OC(=O)CCCCCCCCC/C=C\C/C=C\C/C=C\CC. The van der Waals surface area contributed by atoms with Crippen LogP contribution in [0.1, 0.15) is 323 Å². The van der Waals surface area contributed by atoms with Gasteiger partial charge in [-0.3, -0.25) is 14.4 Å². The van der Waals surface area contributed by atoms with Gasteiger partial charge in [-0.15, -0.1) is 0 Å². The van der Waals surface area contributed by atoms with E-state index in [9.17, 15) is 14.4 Å². The van der Waals surface area contributed by atoms with Crippen LogP contribution in [0.3, 0.4) is 0 Å². The monoisotopic (exact) mass is 1060 g/mol. The molecule has 0 radical (unpaired) electrons. The van der Waals surface area contributed by atoms with E-state index in [0.717, 1.165) is 109 Å². The number of ether oxygens (including phenoxy) is 3.